The number of carboxylic acids is 1. The molecule has 1 amide bonds. The van der Waals surface area contributed by atoms with Gasteiger partial charge in [0, 0.05) is 11.6 Å². The second-order valence-electron chi connectivity index (χ2n) is 5.29. The summed E-state index contributed by atoms with van der Waals surface area (Å²) in [6.45, 7) is 0. The van der Waals surface area contributed by atoms with Crippen LogP contribution in [0, 0.1) is 5.92 Å². The molecular formula is C14H15F2NO5S. The van der Waals surface area contributed by atoms with Gasteiger partial charge in [-0.25, -0.2) is 8.42 Å². The maximum atomic E-state index is 12.4. The number of sulfone groups is 1. The number of hydrogen-bond donors (Lipinski definition) is 2. The topological polar surface area (TPSA) is 101 Å². The smallest absolute Gasteiger partial charge is 0.341 e. The van der Waals surface area contributed by atoms with Crippen molar-refractivity contribution in [1.29, 1.82) is 0 Å². The number of nitrogens with one attached hydrogen (secondary N) is 1. The van der Waals surface area contributed by atoms with E-state index in [1.807, 2.05) is 0 Å². The molecule has 0 aromatic heterocycles. The molecular weight excluding hydrogens is 332 g/mol. The van der Waals surface area contributed by atoms with Crippen molar-refractivity contribution in [2.75, 3.05) is 0 Å². The Morgan fingerprint density at radius 1 is 1.17 bits per heavy atom. The Hall–Kier alpha value is -2.03. The molecule has 0 radical (unpaired) electrons. The maximum absolute atomic E-state index is 12.4. The van der Waals surface area contributed by atoms with E-state index in [4.69, 9.17) is 5.11 Å². The number of hydrogen-bond acceptors (Lipinski definition) is 4. The number of carbonyl (C=O) groups excluding carboxylic acids is 1. The molecule has 9 heteroatoms. The molecule has 0 unspecified atom stereocenters. The van der Waals surface area contributed by atoms with Crippen molar-refractivity contribution in [1.82, 2.24) is 5.32 Å². The summed E-state index contributed by atoms with van der Waals surface area (Å²) < 4.78 is 47.4. The Labute approximate surface area is 131 Å². The zero-order chi connectivity index (χ0) is 17.2. The lowest BCUT2D eigenvalue weighted by Crippen LogP contribution is -2.40. The van der Waals surface area contributed by atoms with Crippen LogP contribution >= 0.6 is 0 Å². The highest BCUT2D eigenvalue weighted by Crippen LogP contribution is 2.26. The highest BCUT2D eigenvalue weighted by atomic mass is 32.2. The molecule has 1 fully saturated rings. The minimum Gasteiger partial charge on any atom is -0.481 e. The molecule has 0 heterocycles. The molecule has 0 aliphatic heterocycles. The molecule has 126 valence electrons. The van der Waals surface area contributed by atoms with E-state index in [0.29, 0.717) is 19.3 Å². The number of carbonyl (C=O) groups is 2. The van der Waals surface area contributed by atoms with Crippen molar-refractivity contribution < 1.29 is 31.9 Å². The lowest BCUT2D eigenvalue weighted by Gasteiger charge is -2.17. The Morgan fingerprint density at radius 3 is 2.30 bits per heavy atom. The normalized spacial score (nSPS) is 21.3. The fourth-order valence-electron chi connectivity index (χ4n) is 2.58. The van der Waals surface area contributed by atoms with E-state index in [1.165, 1.54) is 0 Å². The first kappa shape index (κ1) is 17.3. The fourth-order valence-corrected chi connectivity index (χ4v) is 3.30. The number of benzene rings is 1. The maximum Gasteiger partial charge on any atom is 0.341 e. The van der Waals surface area contributed by atoms with E-state index in [-0.39, 0.29) is 5.56 Å². The van der Waals surface area contributed by atoms with Gasteiger partial charge in [0.1, 0.15) is 0 Å². The zero-order valence-electron chi connectivity index (χ0n) is 11.9. The average molecular weight is 347 g/mol. The van der Waals surface area contributed by atoms with Crippen molar-refractivity contribution >= 4 is 21.7 Å². The van der Waals surface area contributed by atoms with Crippen LogP contribution in [0.15, 0.2) is 29.2 Å². The molecule has 0 saturated heterocycles. The summed E-state index contributed by atoms with van der Waals surface area (Å²) in [4.78, 5) is 22.5. The molecule has 0 spiro atoms. The van der Waals surface area contributed by atoms with Crippen LogP contribution in [-0.4, -0.2) is 37.2 Å². The SMILES string of the molecule is O=C(N[C@H]1CCC[C@H]1C(=O)O)c1ccc(S(=O)(=O)C(F)F)cc1. The van der Waals surface area contributed by atoms with Gasteiger partial charge in [0.15, 0.2) is 0 Å². The monoisotopic (exact) mass is 347 g/mol. The highest BCUT2D eigenvalue weighted by Gasteiger charge is 2.34. The van der Waals surface area contributed by atoms with Crippen LogP contribution in [0.2, 0.25) is 0 Å². The van der Waals surface area contributed by atoms with Crippen molar-refractivity contribution in [2.45, 2.75) is 36.0 Å². The summed E-state index contributed by atoms with van der Waals surface area (Å²) in [5.74, 6) is -5.73. The van der Waals surface area contributed by atoms with E-state index >= 15 is 0 Å². The Bertz CT molecular complexity index is 702. The van der Waals surface area contributed by atoms with Crippen LogP contribution in [0.3, 0.4) is 0 Å². The Morgan fingerprint density at radius 2 is 1.78 bits per heavy atom. The van der Waals surface area contributed by atoms with Crippen LogP contribution < -0.4 is 5.32 Å². The number of aliphatic carboxylic acids is 1. The molecule has 1 saturated carbocycles. The molecule has 1 aromatic rings. The van der Waals surface area contributed by atoms with E-state index in [9.17, 15) is 26.8 Å². The van der Waals surface area contributed by atoms with Crippen LogP contribution in [0.25, 0.3) is 0 Å². The minimum absolute atomic E-state index is 0.0780. The first-order chi connectivity index (χ1) is 10.7. The standard InChI is InChI=1S/C14H15F2NO5S/c15-14(16)23(21,22)9-6-4-8(5-7-9)12(18)17-11-3-1-2-10(11)13(19)20/h4-7,10-11,14H,1-3H2,(H,17,18)(H,19,20)/t10-,11+/m1/s1. The van der Waals surface area contributed by atoms with Crippen LogP contribution in [0.1, 0.15) is 29.6 Å². The van der Waals surface area contributed by atoms with Gasteiger partial charge in [-0.2, -0.15) is 8.78 Å². The second-order valence-corrected chi connectivity index (χ2v) is 7.20. The van der Waals surface area contributed by atoms with Gasteiger partial charge in [-0.05, 0) is 37.1 Å². The molecule has 1 aromatic carbocycles. The lowest BCUT2D eigenvalue weighted by atomic mass is 10.0. The third-order valence-corrected chi connectivity index (χ3v) is 5.23. The average Bonchev–Trinajstić information content (AvgIpc) is 2.95. The molecule has 1 aliphatic carbocycles. The van der Waals surface area contributed by atoms with Gasteiger partial charge >= 0.3 is 11.7 Å². The van der Waals surface area contributed by atoms with Gasteiger partial charge in [0.25, 0.3) is 5.91 Å². The van der Waals surface area contributed by atoms with Crippen molar-refractivity contribution in [2.24, 2.45) is 5.92 Å². The summed E-state index contributed by atoms with van der Waals surface area (Å²) in [6.07, 6.45) is 1.71. The van der Waals surface area contributed by atoms with E-state index in [1.54, 1.807) is 0 Å². The van der Waals surface area contributed by atoms with E-state index < -0.39 is 44.3 Å². The minimum atomic E-state index is -4.70. The second kappa shape index (κ2) is 6.61. The quantitative estimate of drug-likeness (QED) is 0.844. The third kappa shape index (κ3) is 3.66. The lowest BCUT2D eigenvalue weighted by molar-refractivity contribution is -0.142. The molecule has 6 nitrogen and oxygen atoms in total. The first-order valence-electron chi connectivity index (χ1n) is 6.89. The summed E-state index contributed by atoms with van der Waals surface area (Å²) in [6, 6.07) is 3.61. The highest BCUT2D eigenvalue weighted by molar-refractivity contribution is 7.91. The van der Waals surface area contributed by atoms with Gasteiger partial charge < -0.3 is 10.4 Å². The van der Waals surface area contributed by atoms with Gasteiger partial charge in [-0.3, -0.25) is 9.59 Å². The summed E-state index contributed by atoms with van der Waals surface area (Å²) in [7, 11) is -4.70. The van der Waals surface area contributed by atoms with Gasteiger partial charge in [0.2, 0.25) is 9.84 Å². The van der Waals surface area contributed by atoms with Crippen molar-refractivity contribution in [3.05, 3.63) is 29.8 Å². The molecule has 2 N–H and O–H groups in total. The predicted molar refractivity (Wildman–Crippen MR) is 75.9 cm³/mol. The van der Waals surface area contributed by atoms with Crippen LogP contribution in [0.4, 0.5) is 8.78 Å². The molecule has 23 heavy (non-hydrogen) atoms. The summed E-state index contributed by atoms with van der Waals surface area (Å²) >= 11 is 0. The summed E-state index contributed by atoms with van der Waals surface area (Å²) in [5.41, 5.74) is 0.0780. The Kier molecular flexibility index (Phi) is 4.98. The number of carboxylic acid groups (broad SMARTS) is 1. The van der Waals surface area contributed by atoms with Crippen LogP contribution in [-0.2, 0) is 14.6 Å². The third-order valence-electron chi connectivity index (χ3n) is 3.83. The molecule has 2 atom stereocenters. The number of halogens is 2. The zero-order valence-corrected chi connectivity index (χ0v) is 12.7. The largest absolute Gasteiger partial charge is 0.481 e. The first-order valence-corrected chi connectivity index (χ1v) is 8.44. The van der Waals surface area contributed by atoms with E-state index in [0.717, 1.165) is 24.3 Å². The predicted octanol–water partition coefficient (Wildman–Crippen LogP) is 1.67. The fraction of sp³-hybridized carbons (Fsp3) is 0.429. The molecule has 1 aliphatic rings. The number of rotatable bonds is 5. The number of alkyl halides is 2. The van der Waals surface area contributed by atoms with Crippen molar-refractivity contribution in [3.8, 4) is 0 Å². The molecule has 0 bridgehead atoms. The van der Waals surface area contributed by atoms with Gasteiger partial charge in [0.05, 0.1) is 10.8 Å². The Balaban J connectivity index is 2.11. The number of amides is 1. The van der Waals surface area contributed by atoms with E-state index in [2.05, 4.69) is 5.32 Å². The molecule has 2 rings (SSSR count). The summed E-state index contributed by atoms with van der Waals surface area (Å²) in [5, 5.41) is 11.6. The van der Waals surface area contributed by atoms with Crippen molar-refractivity contribution in [3.63, 3.8) is 0 Å². The van der Waals surface area contributed by atoms with Gasteiger partial charge in [-0.1, -0.05) is 6.42 Å². The van der Waals surface area contributed by atoms with Gasteiger partial charge in [-0.15, -0.1) is 0 Å². The van der Waals surface area contributed by atoms with Crippen LogP contribution in [0.5, 0.6) is 0 Å².